The zero-order valence-electron chi connectivity index (χ0n) is 18.7. The van der Waals surface area contributed by atoms with Gasteiger partial charge in [-0.3, -0.25) is 25.0 Å². The number of aromatic nitrogens is 1. The van der Waals surface area contributed by atoms with Gasteiger partial charge in [-0.2, -0.15) is 0 Å². The maximum absolute atomic E-state index is 12.7. The number of nitro groups is 1. The summed E-state index contributed by atoms with van der Waals surface area (Å²) >= 11 is 6.58. The summed E-state index contributed by atoms with van der Waals surface area (Å²) in [4.78, 5) is 41.7. The molecule has 4 rings (SSSR count). The summed E-state index contributed by atoms with van der Waals surface area (Å²) in [5.74, 6) is -0.688. The molecular formula is C22H22N6O5S2. The zero-order chi connectivity index (χ0) is 24.9. The molecule has 35 heavy (non-hydrogen) atoms. The number of nitro benzene ring substituents is 1. The number of thiocarbonyl (C=S) groups is 1. The van der Waals surface area contributed by atoms with E-state index in [2.05, 4.69) is 20.9 Å². The quantitative estimate of drug-likeness (QED) is 0.256. The summed E-state index contributed by atoms with van der Waals surface area (Å²) < 4.78 is 6.13. The van der Waals surface area contributed by atoms with Crippen molar-refractivity contribution in [2.45, 2.75) is 13.3 Å². The Bertz CT molecular complexity index is 1300. The summed E-state index contributed by atoms with van der Waals surface area (Å²) in [5, 5.41) is 20.4. The summed E-state index contributed by atoms with van der Waals surface area (Å²) in [6, 6.07) is 9.67. The average molecular weight is 515 g/mol. The van der Waals surface area contributed by atoms with Gasteiger partial charge in [-0.1, -0.05) is 18.3 Å². The molecule has 3 N–H and O–H groups in total. The van der Waals surface area contributed by atoms with Crippen LogP contribution in [0.25, 0.3) is 10.2 Å². The second-order valence-corrected chi connectivity index (χ2v) is 9.01. The van der Waals surface area contributed by atoms with Crippen LogP contribution < -0.4 is 20.9 Å². The van der Waals surface area contributed by atoms with Crippen LogP contribution in [0.3, 0.4) is 0 Å². The molecule has 1 aliphatic rings. The Labute approximate surface area is 209 Å². The van der Waals surface area contributed by atoms with Gasteiger partial charge in [-0.15, -0.1) is 0 Å². The number of nitrogens with one attached hydrogen (secondary N) is 3. The van der Waals surface area contributed by atoms with Crippen LogP contribution in [0.2, 0.25) is 0 Å². The summed E-state index contributed by atoms with van der Waals surface area (Å²) in [6.07, 6.45) is 0.357. The number of thiazole rings is 1. The average Bonchev–Trinajstić information content (AvgIpc) is 3.25. The highest BCUT2D eigenvalue weighted by Gasteiger charge is 2.23. The van der Waals surface area contributed by atoms with Crippen LogP contribution in [0.4, 0.5) is 22.2 Å². The van der Waals surface area contributed by atoms with Crippen molar-refractivity contribution in [3.8, 4) is 0 Å². The molecule has 0 bridgehead atoms. The van der Waals surface area contributed by atoms with Crippen molar-refractivity contribution in [2.75, 3.05) is 41.8 Å². The number of carbonyl (C=O) groups excluding carboxylic acids is 2. The Balaban J connectivity index is 1.43. The molecule has 0 aliphatic carbocycles. The van der Waals surface area contributed by atoms with Gasteiger partial charge in [-0.25, -0.2) is 4.98 Å². The standard InChI is InChI=1S/C22H22N6O5S2/c1-2-19(29)25-22-24-15-5-4-14(12-18(15)35-22)23-21(34)26-20(30)13-3-6-16(17(11-13)28(31)32)27-7-9-33-10-8-27/h3-6,11-12H,2,7-10H2,1H3,(H,24,25,29)(H2,23,26,30,34). The number of rotatable bonds is 6. The molecule has 0 saturated carbocycles. The maximum atomic E-state index is 12.7. The van der Waals surface area contributed by atoms with Crippen LogP contribution in [0.1, 0.15) is 23.7 Å². The maximum Gasteiger partial charge on any atom is 0.293 e. The van der Waals surface area contributed by atoms with Gasteiger partial charge < -0.3 is 20.3 Å². The summed E-state index contributed by atoms with van der Waals surface area (Å²) in [5.41, 5.74) is 1.75. The van der Waals surface area contributed by atoms with E-state index in [1.54, 1.807) is 31.2 Å². The fraction of sp³-hybridized carbons (Fsp3) is 0.273. The number of hydrogen-bond donors (Lipinski definition) is 3. The SMILES string of the molecule is CCC(=O)Nc1nc2ccc(NC(=S)NC(=O)c3ccc(N4CCOCC4)c([N+](=O)[O-])c3)cc2s1. The van der Waals surface area contributed by atoms with Crippen molar-refractivity contribution in [1.29, 1.82) is 0 Å². The van der Waals surface area contributed by atoms with Crippen molar-refractivity contribution >= 4 is 72.9 Å². The molecule has 13 heteroatoms. The topological polar surface area (TPSA) is 139 Å². The molecule has 0 radical (unpaired) electrons. The number of anilines is 3. The summed E-state index contributed by atoms with van der Waals surface area (Å²) in [7, 11) is 0. The van der Waals surface area contributed by atoms with Gasteiger partial charge in [0, 0.05) is 36.8 Å². The van der Waals surface area contributed by atoms with E-state index in [4.69, 9.17) is 17.0 Å². The van der Waals surface area contributed by atoms with Crippen molar-refractivity contribution in [3.63, 3.8) is 0 Å². The number of hydrogen-bond acceptors (Lipinski definition) is 9. The first-order valence-electron chi connectivity index (χ1n) is 10.8. The van der Waals surface area contributed by atoms with Crippen LogP contribution in [-0.4, -0.2) is 53.1 Å². The Hall–Kier alpha value is -3.68. The van der Waals surface area contributed by atoms with Crippen molar-refractivity contribution in [2.24, 2.45) is 0 Å². The normalized spacial score (nSPS) is 13.3. The van der Waals surface area contributed by atoms with E-state index in [1.807, 2.05) is 4.90 Å². The number of carbonyl (C=O) groups is 2. The lowest BCUT2D eigenvalue weighted by atomic mass is 10.1. The number of benzene rings is 2. The molecular weight excluding hydrogens is 492 g/mol. The monoisotopic (exact) mass is 514 g/mol. The molecule has 2 heterocycles. The van der Waals surface area contributed by atoms with Crippen LogP contribution in [0.15, 0.2) is 36.4 Å². The van der Waals surface area contributed by atoms with Gasteiger partial charge in [-0.05, 0) is 42.5 Å². The first-order valence-corrected chi connectivity index (χ1v) is 12.0. The second kappa shape index (κ2) is 10.7. The lowest BCUT2D eigenvalue weighted by Crippen LogP contribution is -2.37. The van der Waals surface area contributed by atoms with E-state index in [1.165, 1.54) is 23.5 Å². The minimum absolute atomic E-state index is 0.0401. The lowest BCUT2D eigenvalue weighted by Gasteiger charge is -2.28. The molecule has 2 aromatic carbocycles. The minimum atomic E-state index is -0.567. The van der Waals surface area contributed by atoms with E-state index in [-0.39, 0.29) is 22.3 Å². The number of nitrogens with zero attached hydrogens (tertiary/aromatic N) is 3. The number of amides is 2. The van der Waals surface area contributed by atoms with E-state index >= 15 is 0 Å². The third-order valence-corrected chi connectivity index (χ3v) is 6.36. The Morgan fingerprint density at radius 3 is 2.69 bits per heavy atom. The van der Waals surface area contributed by atoms with Crippen LogP contribution in [0, 0.1) is 10.1 Å². The van der Waals surface area contributed by atoms with Crippen LogP contribution in [0.5, 0.6) is 0 Å². The van der Waals surface area contributed by atoms with Crippen molar-refractivity contribution in [3.05, 3.63) is 52.1 Å². The van der Waals surface area contributed by atoms with Crippen molar-refractivity contribution in [1.82, 2.24) is 10.3 Å². The van der Waals surface area contributed by atoms with E-state index in [0.717, 1.165) is 10.2 Å². The molecule has 0 unspecified atom stereocenters. The highest BCUT2D eigenvalue weighted by Crippen LogP contribution is 2.30. The number of fused-ring (bicyclic) bond motifs is 1. The first-order chi connectivity index (χ1) is 16.8. The molecule has 1 aliphatic heterocycles. The van der Waals surface area contributed by atoms with Gasteiger partial charge in [0.25, 0.3) is 11.6 Å². The molecule has 1 saturated heterocycles. The fourth-order valence-corrected chi connectivity index (χ4v) is 4.62. The molecule has 0 atom stereocenters. The molecule has 1 fully saturated rings. The molecule has 182 valence electrons. The molecule has 11 nitrogen and oxygen atoms in total. The molecule has 0 spiro atoms. The molecule has 2 amide bonds. The molecule has 1 aromatic heterocycles. The summed E-state index contributed by atoms with van der Waals surface area (Å²) in [6.45, 7) is 3.81. The first kappa shape index (κ1) is 24.4. The predicted octanol–water partition coefficient (Wildman–Crippen LogP) is 3.52. The van der Waals surface area contributed by atoms with E-state index in [0.29, 0.717) is 49.2 Å². The Morgan fingerprint density at radius 2 is 1.97 bits per heavy atom. The second-order valence-electron chi connectivity index (χ2n) is 7.57. The number of ether oxygens (including phenoxy) is 1. The predicted molar refractivity (Wildman–Crippen MR) is 138 cm³/mol. The largest absolute Gasteiger partial charge is 0.378 e. The van der Waals surface area contributed by atoms with Gasteiger partial charge >= 0.3 is 0 Å². The van der Waals surface area contributed by atoms with E-state index < -0.39 is 10.8 Å². The third-order valence-electron chi connectivity index (χ3n) is 5.23. The highest BCUT2D eigenvalue weighted by atomic mass is 32.1. The minimum Gasteiger partial charge on any atom is -0.378 e. The zero-order valence-corrected chi connectivity index (χ0v) is 20.3. The van der Waals surface area contributed by atoms with Crippen LogP contribution >= 0.6 is 23.6 Å². The Morgan fingerprint density at radius 1 is 1.20 bits per heavy atom. The lowest BCUT2D eigenvalue weighted by molar-refractivity contribution is -0.384. The number of morpholine rings is 1. The smallest absolute Gasteiger partial charge is 0.293 e. The van der Waals surface area contributed by atoms with Gasteiger partial charge in [0.2, 0.25) is 5.91 Å². The van der Waals surface area contributed by atoms with Gasteiger partial charge in [0.1, 0.15) is 5.69 Å². The van der Waals surface area contributed by atoms with Crippen LogP contribution in [-0.2, 0) is 9.53 Å². The Kier molecular flexibility index (Phi) is 7.48. The van der Waals surface area contributed by atoms with Gasteiger partial charge in [0.15, 0.2) is 10.2 Å². The fourth-order valence-electron chi connectivity index (χ4n) is 3.48. The molecule has 3 aromatic rings. The third kappa shape index (κ3) is 5.88. The van der Waals surface area contributed by atoms with Gasteiger partial charge in [0.05, 0.1) is 28.4 Å². The van der Waals surface area contributed by atoms with E-state index in [9.17, 15) is 19.7 Å². The van der Waals surface area contributed by atoms with Crippen molar-refractivity contribution < 1.29 is 19.2 Å². The highest BCUT2D eigenvalue weighted by molar-refractivity contribution is 7.80.